The highest BCUT2D eigenvalue weighted by Gasteiger charge is 2.30. The molecule has 0 aromatic heterocycles. The van der Waals surface area contributed by atoms with Crippen LogP contribution in [0.2, 0.25) is 0 Å². The highest BCUT2D eigenvalue weighted by molar-refractivity contribution is 5.28. The highest BCUT2D eigenvalue weighted by Crippen LogP contribution is 2.43. The fourth-order valence-corrected chi connectivity index (χ4v) is 4.24. The summed E-state index contributed by atoms with van der Waals surface area (Å²) in [5.41, 5.74) is 1.39. The van der Waals surface area contributed by atoms with Crippen molar-refractivity contribution in [3.8, 4) is 5.75 Å². The van der Waals surface area contributed by atoms with Crippen LogP contribution in [0.15, 0.2) is 24.3 Å². The van der Waals surface area contributed by atoms with E-state index in [0.29, 0.717) is 11.7 Å². The monoisotopic (exact) mass is 274 g/mol. The third-order valence-corrected chi connectivity index (χ3v) is 5.54. The van der Waals surface area contributed by atoms with Gasteiger partial charge in [-0.15, -0.1) is 0 Å². The van der Waals surface area contributed by atoms with Gasteiger partial charge in [0.15, 0.2) is 0 Å². The largest absolute Gasteiger partial charge is 0.508 e. The first-order chi connectivity index (χ1) is 9.72. The van der Waals surface area contributed by atoms with E-state index < -0.39 is 0 Å². The quantitative estimate of drug-likeness (QED) is 0.847. The second-order valence-corrected chi connectivity index (χ2v) is 6.77. The maximum Gasteiger partial charge on any atom is 0.115 e. The van der Waals surface area contributed by atoms with E-state index in [1.807, 2.05) is 12.1 Å². The Bertz CT molecular complexity index is 410. The minimum atomic E-state index is -0.0282. The topological polar surface area (TPSA) is 40.5 Å². The molecule has 0 saturated heterocycles. The Hall–Kier alpha value is -1.02. The molecule has 3 rings (SSSR count). The molecule has 0 atom stereocenters. The van der Waals surface area contributed by atoms with E-state index in [1.54, 1.807) is 0 Å². The van der Waals surface area contributed by atoms with Gasteiger partial charge in [-0.25, -0.2) is 0 Å². The van der Waals surface area contributed by atoms with Gasteiger partial charge in [-0.2, -0.15) is 0 Å². The average molecular weight is 274 g/mol. The van der Waals surface area contributed by atoms with Gasteiger partial charge in [0.05, 0.1) is 6.10 Å². The van der Waals surface area contributed by atoms with Crippen molar-refractivity contribution in [2.75, 3.05) is 0 Å². The average Bonchev–Trinajstić information content (AvgIpc) is 2.49. The summed E-state index contributed by atoms with van der Waals surface area (Å²) in [5, 5.41) is 19.0. The number of rotatable bonds is 2. The number of aromatic hydroxyl groups is 1. The zero-order valence-electron chi connectivity index (χ0n) is 12.2. The lowest BCUT2D eigenvalue weighted by molar-refractivity contribution is 0.0805. The molecule has 0 amide bonds. The lowest BCUT2D eigenvalue weighted by Gasteiger charge is -2.37. The molecule has 0 spiro atoms. The normalized spacial score (nSPS) is 34.9. The summed E-state index contributed by atoms with van der Waals surface area (Å²) in [7, 11) is 0. The van der Waals surface area contributed by atoms with Crippen LogP contribution in [0.3, 0.4) is 0 Å². The molecule has 20 heavy (non-hydrogen) atoms. The molecule has 1 aromatic rings. The maximum absolute atomic E-state index is 9.62. The summed E-state index contributed by atoms with van der Waals surface area (Å²) in [6.07, 6.45) is 9.72. The van der Waals surface area contributed by atoms with Crippen molar-refractivity contribution >= 4 is 0 Å². The van der Waals surface area contributed by atoms with Gasteiger partial charge in [0.2, 0.25) is 0 Å². The van der Waals surface area contributed by atoms with Crippen molar-refractivity contribution in [3.63, 3.8) is 0 Å². The highest BCUT2D eigenvalue weighted by atomic mass is 16.3. The zero-order chi connectivity index (χ0) is 13.9. The van der Waals surface area contributed by atoms with E-state index in [9.17, 15) is 10.2 Å². The van der Waals surface area contributed by atoms with Crippen LogP contribution in [0.25, 0.3) is 0 Å². The van der Waals surface area contributed by atoms with E-state index >= 15 is 0 Å². The molecule has 0 unspecified atom stereocenters. The van der Waals surface area contributed by atoms with Crippen LogP contribution in [0.5, 0.6) is 5.75 Å². The Balaban J connectivity index is 1.53. The van der Waals surface area contributed by atoms with Crippen LogP contribution >= 0.6 is 0 Å². The van der Waals surface area contributed by atoms with Crippen LogP contribution < -0.4 is 0 Å². The number of hydrogen-bond donors (Lipinski definition) is 2. The number of hydrogen-bond acceptors (Lipinski definition) is 2. The van der Waals surface area contributed by atoms with Crippen LogP contribution in [0.4, 0.5) is 0 Å². The first kappa shape index (κ1) is 13.9. The van der Waals surface area contributed by atoms with Gasteiger partial charge in [-0.1, -0.05) is 12.1 Å². The smallest absolute Gasteiger partial charge is 0.115 e. The van der Waals surface area contributed by atoms with E-state index in [4.69, 9.17) is 0 Å². The summed E-state index contributed by atoms with van der Waals surface area (Å²) in [6, 6.07) is 7.78. The van der Waals surface area contributed by atoms with Gasteiger partial charge in [0, 0.05) is 0 Å². The van der Waals surface area contributed by atoms with Crippen molar-refractivity contribution in [1.82, 2.24) is 0 Å². The Morgan fingerprint density at radius 3 is 1.75 bits per heavy atom. The first-order valence-electron chi connectivity index (χ1n) is 8.19. The minimum absolute atomic E-state index is 0.0282. The second kappa shape index (κ2) is 6.17. The molecular formula is C18H26O2. The number of aliphatic hydroxyl groups is 1. The minimum Gasteiger partial charge on any atom is -0.508 e. The lowest BCUT2D eigenvalue weighted by atomic mass is 9.69. The third kappa shape index (κ3) is 3.17. The van der Waals surface area contributed by atoms with Crippen LogP contribution in [0, 0.1) is 11.8 Å². The van der Waals surface area contributed by atoms with Crippen molar-refractivity contribution in [3.05, 3.63) is 29.8 Å². The number of aliphatic hydroxyl groups excluding tert-OH is 1. The summed E-state index contributed by atoms with van der Waals surface area (Å²) in [6.45, 7) is 0. The summed E-state index contributed by atoms with van der Waals surface area (Å²) in [5.74, 6) is 2.79. The summed E-state index contributed by atoms with van der Waals surface area (Å²) >= 11 is 0. The Kier molecular flexibility index (Phi) is 4.30. The number of phenols is 1. The molecular weight excluding hydrogens is 248 g/mol. The molecule has 2 saturated carbocycles. The van der Waals surface area contributed by atoms with E-state index in [0.717, 1.165) is 24.7 Å². The zero-order valence-corrected chi connectivity index (χ0v) is 12.2. The Morgan fingerprint density at radius 1 is 0.700 bits per heavy atom. The van der Waals surface area contributed by atoms with Crippen molar-refractivity contribution < 1.29 is 10.2 Å². The number of phenolic OH excluding ortho intramolecular Hbond substituents is 1. The van der Waals surface area contributed by atoms with E-state index in [2.05, 4.69) is 12.1 Å². The molecule has 0 aliphatic heterocycles. The predicted octanol–water partition coefficient (Wildman–Crippen LogP) is 4.22. The molecule has 0 heterocycles. The SMILES string of the molecule is Oc1ccc(C2CCC(C3CCC(O)CC3)CC2)cc1. The lowest BCUT2D eigenvalue weighted by Crippen LogP contribution is -2.26. The predicted molar refractivity (Wildman–Crippen MR) is 80.8 cm³/mol. The van der Waals surface area contributed by atoms with E-state index in [1.165, 1.54) is 44.1 Å². The third-order valence-electron chi connectivity index (χ3n) is 5.54. The van der Waals surface area contributed by atoms with Gasteiger partial charge >= 0.3 is 0 Å². The molecule has 1 aromatic carbocycles. The number of benzene rings is 1. The van der Waals surface area contributed by atoms with E-state index in [-0.39, 0.29) is 6.10 Å². The van der Waals surface area contributed by atoms with Gasteiger partial charge in [0.1, 0.15) is 5.75 Å². The molecule has 2 aliphatic rings. The molecule has 110 valence electrons. The Morgan fingerprint density at radius 2 is 1.20 bits per heavy atom. The van der Waals surface area contributed by atoms with Gasteiger partial charge in [-0.3, -0.25) is 0 Å². The Labute approximate surface area is 121 Å². The van der Waals surface area contributed by atoms with Crippen molar-refractivity contribution in [1.29, 1.82) is 0 Å². The van der Waals surface area contributed by atoms with Crippen molar-refractivity contribution in [2.24, 2.45) is 11.8 Å². The molecule has 0 radical (unpaired) electrons. The summed E-state index contributed by atoms with van der Waals surface area (Å²) < 4.78 is 0. The molecule has 2 fully saturated rings. The molecule has 0 bridgehead atoms. The van der Waals surface area contributed by atoms with Crippen LogP contribution in [-0.2, 0) is 0 Å². The fourth-order valence-electron chi connectivity index (χ4n) is 4.24. The standard InChI is InChI=1S/C18H26O2/c19-17-9-5-15(6-10-17)13-1-2-14(4-3-13)16-7-11-18(20)12-8-16/h5-6,9-10,13-14,16,18-20H,1-4,7-8,11-12H2. The molecule has 2 aliphatic carbocycles. The van der Waals surface area contributed by atoms with Crippen LogP contribution in [-0.4, -0.2) is 16.3 Å². The van der Waals surface area contributed by atoms with Crippen molar-refractivity contribution in [2.45, 2.75) is 63.4 Å². The first-order valence-corrected chi connectivity index (χ1v) is 8.19. The van der Waals surface area contributed by atoms with Gasteiger partial charge in [-0.05, 0) is 86.8 Å². The van der Waals surface area contributed by atoms with Gasteiger partial charge < -0.3 is 10.2 Å². The molecule has 2 N–H and O–H groups in total. The molecule has 2 nitrogen and oxygen atoms in total. The molecule has 2 heteroatoms. The second-order valence-electron chi connectivity index (χ2n) is 6.77. The fraction of sp³-hybridized carbons (Fsp3) is 0.667. The van der Waals surface area contributed by atoms with Crippen LogP contribution in [0.1, 0.15) is 62.8 Å². The maximum atomic E-state index is 9.62. The van der Waals surface area contributed by atoms with Gasteiger partial charge in [0.25, 0.3) is 0 Å². The summed E-state index contributed by atoms with van der Waals surface area (Å²) in [4.78, 5) is 0.